The summed E-state index contributed by atoms with van der Waals surface area (Å²) in [6.07, 6.45) is 3.23. The third kappa shape index (κ3) is 4.09. The summed E-state index contributed by atoms with van der Waals surface area (Å²) in [5.41, 5.74) is 3.45. The van der Waals surface area contributed by atoms with Gasteiger partial charge in [0.2, 0.25) is 0 Å². The van der Waals surface area contributed by atoms with Crippen molar-refractivity contribution in [2.24, 2.45) is 4.99 Å². The fourth-order valence-electron chi connectivity index (χ4n) is 2.66. The van der Waals surface area contributed by atoms with E-state index < -0.39 is 0 Å². The van der Waals surface area contributed by atoms with Crippen molar-refractivity contribution in [1.82, 2.24) is 5.32 Å². The van der Waals surface area contributed by atoms with E-state index in [1.165, 1.54) is 5.56 Å². The highest BCUT2D eigenvalue weighted by Gasteiger charge is 2.20. The zero-order chi connectivity index (χ0) is 17.8. The number of carbonyl (C=O) groups is 1. The topological polar surface area (TPSA) is 50.7 Å². The number of methoxy groups -OCH3 is 1. The van der Waals surface area contributed by atoms with Crippen molar-refractivity contribution >= 4 is 29.4 Å². The van der Waals surface area contributed by atoms with Crippen LogP contribution in [0.1, 0.15) is 23.6 Å². The van der Waals surface area contributed by atoms with Gasteiger partial charge in [0.05, 0.1) is 7.11 Å². The highest BCUT2D eigenvalue weighted by atomic mass is 35.5. The number of amidine groups is 1. The molecule has 0 saturated carbocycles. The lowest BCUT2D eigenvalue weighted by Gasteiger charge is -2.07. The number of hydrogen-bond acceptors (Lipinski definition) is 3. The Balaban J connectivity index is 1.87. The minimum absolute atomic E-state index is 0.201. The summed E-state index contributed by atoms with van der Waals surface area (Å²) in [5, 5.41) is 3.51. The monoisotopic (exact) mass is 354 g/mol. The van der Waals surface area contributed by atoms with E-state index in [0.717, 1.165) is 23.3 Å². The molecule has 0 aliphatic carbocycles. The Morgan fingerprint density at radius 1 is 1.16 bits per heavy atom. The summed E-state index contributed by atoms with van der Waals surface area (Å²) >= 11 is 5.90. The van der Waals surface area contributed by atoms with Gasteiger partial charge in [-0.15, -0.1) is 0 Å². The van der Waals surface area contributed by atoms with Crippen LogP contribution < -0.4 is 10.1 Å². The van der Waals surface area contributed by atoms with Gasteiger partial charge in [0.1, 0.15) is 17.3 Å². The molecule has 0 fully saturated rings. The Morgan fingerprint density at radius 2 is 1.88 bits per heavy atom. The molecule has 1 aliphatic heterocycles. The van der Waals surface area contributed by atoms with Gasteiger partial charge in [-0.25, -0.2) is 4.99 Å². The van der Waals surface area contributed by atoms with Crippen LogP contribution in [0.2, 0.25) is 5.02 Å². The second-order valence-electron chi connectivity index (χ2n) is 5.78. The van der Waals surface area contributed by atoms with Crippen LogP contribution in [0.25, 0.3) is 6.08 Å². The number of benzene rings is 2. The number of halogens is 1. The smallest absolute Gasteiger partial charge is 0.275 e. The summed E-state index contributed by atoms with van der Waals surface area (Å²) < 4.78 is 5.39. The van der Waals surface area contributed by atoms with Crippen molar-refractivity contribution in [2.75, 3.05) is 7.11 Å². The molecule has 5 heteroatoms. The van der Waals surface area contributed by atoms with E-state index in [1.54, 1.807) is 13.2 Å². The summed E-state index contributed by atoms with van der Waals surface area (Å²) in [4.78, 5) is 16.7. The number of nitrogens with zero attached hydrogens (tertiary/aromatic N) is 1. The van der Waals surface area contributed by atoms with Gasteiger partial charge in [0.15, 0.2) is 0 Å². The molecular formula is C20H19ClN2O2. The minimum Gasteiger partial charge on any atom is -0.496 e. The van der Waals surface area contributed by atoms with E-state index in [-0.39, 0.29) is 5.91 Å². The second kappa shape index (κ2) is 7.53. The van der Waals surface area contributed by atoms with Crippen LogP contribution in [0.3, 0.4) is 0 Å². The van der Waals surface area contributed by atoms with Crippen molar-refractivity contribution in [3.8, 4) is 5.75 Å². The SMILES string of the molecule is CCc1ccc(OC)c(/C=C2/N=C(Cc3ccc(Cl)cc3)NC2=O)c1. The summed E-state index contributed by atoms with van der Waals surface area (Å²) in [6, 6.07) is 13.4. The average molecular weight is 355 g/mol. The highest BCUT2D eigenvalue weighted by molar-refractivity contribution is 6.30. The van der Waals surface area contributed by atoms with Gasteiger partial charge >= 0.3 is 0 Å². The predicted octanol–water partition coefficient (Wildman–Crippen LogP) is 4.02. The normalized spacial score (nSPS) is 15.2. The molecule has 0 spiro atoms. The fraction of sp³-hybridized carbons (Fsp3) is 0.200. The van der Waals surface area contributed by atoms with E-state index in [2.05, 4.69) is 17.2 Å². The number of carbonyl (C=O) groups excluding carboxylic acids is 1. The molecule has 0 aromatic heterocycles. The fourth-order valence-corrected chi connectivity index (χ4v) is 2.79. The molecule has 25 heavy (non-hydrogen) atoms. The van der Waals surface area contributed by atoms with Crippen LogP contribution in [-0.2, 0) is 17.6 Å². The van der Waals surface area contributed by atoms with Crippen molar-refractivity contribution in [3.05, 3.63) is 69.9 Å². The Hall–Kier alpha value is -2.59. The largest absolute Gasteiger partial charge is 0.496 e. The lowest BCUT2D eigenvalue weighted by molar-refractivity contribution is -0.115. The van der Waals surface area contributed by atoms with Crippen LogP contribution in [0, 0.1) is 0 Å². The number of amides is 1. The van der Waals surface area contributed by atoms with E-state index in [1.807, 2.05) is 42.5 Å². The van der Waals surface area contributed by atoms with Crippen LogP contribution >= 0.6 is 11.6 Å². The van der Waals surface area contributed by atoms with Crippen LogP contribution in [0.15, 0.2) is 53.2 Å². The maximum Gasteiger partial charge on any atom is 0.275 e. The zero-order valence-corrected chi connectivity index (χ0v) is 14.9. The molecule has 1 aliphatic rings. The molecular weight excluding hydrogens is 336 g/mol. The van der Waals surface area contributed by atoms with Gasteiger partial charge in [-0.2, -0.15) is 0 Å². The lowest BCUT2D eigenvalue weighted by atomic mass is 10.1. The van der Waals surface area contributed by atoms with Crippen molar-refractivity contribution in [2.45, 2.75) is 19.8 Å². The molecule has 4 nitrogen and oxygen atoms in total. The Bertz CT molecular complexity index is 854. The first-order valence-corrected chi connectivity index (χ1v) is 8.49. The average Bonchev–Trinajstić information content (AvgIpc) is 2.96. The number of rotatable bonds is 5. The van der Waals surface area contributed by atoms with Gasteiger partial charge in [0, 0.05) is 17.0 Å². The minimum atomic E-state index is -0.201. The van der Waals surface area contributed by atoms with E-state index in [9.17, 15) is 4.79 Å². The molecule has 3 rings (SSSR count). The Labute approximate surface area is 152 Å². The summed E-state index contributed by atoms with van der Waals surface area (Å²) in [7, 11) is 1.62. The predicted molar refractivity (Wildman–Crippen MR) is 101 cm³/mol. The van der Waals surface area contributed by atoms with E-state index >= 15 is 0 Å². The first kappa shape index (κ1) is 17.2. The first-order chi connectivity index (χ1) is 12.1. The molecule has 1 heterocycles. The van der Waals surface area contributed by atoms with Gasteiger partial charge in [-0.3, -0.25) is 4.79 Å². The molecule has 0 radical (unpaired) electrons. The number of aliphatic imine (C=N–C) groups is 1. The summed E-state index contributed by atoms with van der Waals surface area (Å²) in [5.74, 6) is 1.15. The zero-order valence-electron chi connectivity index (χ0n) is 14.2. The lowest BCUT2D eigenvalue weighted by Crippen LogP contribution is -2.25. The van der Waals surface area contributed by atoms with Gasteiger partial charge in [0.25, 0.3) is 5.91 Å². The van der Waals surface area contributed by atoms with Gasteiger partial charge < -0.3 is 10.1 Å². The third-order valence-corrected chi connectivity index (χ3v) is 4.28. The maximum absolute atomic E-state index is 12.2. The van der Waals surface area contributed by atoms with E-state index in [4.69, 9.17) is 16.3 Å². The molecule has 2 aromatic rings. The van der Waals surface area contributed by atoms with Crippen LogP contribution in [-0.4, -0.2) is 18.9 Å². The van der Waals surface area contributed by atoms with E-state index in [0.29, 0.717) is 23.0 Å². The molecule has 1 amide bonds. The van der Waals surface area contributed by atoms with Crippen LogP contribution in [0.5, 0.6) is 5.75 Å². The number of nitrogens with one attached hydrogen (secondary N) is 1. The quantitative estimate of drug-likeness (QED) is 0.824. The molecule has 0 bridgehead atoms. The van der Waals surface area contributed by atoms with Gasteiger partial charge in [-0.05, 0) is 47.9 Å². The van der Waals surface area contributed by atoms with Crippen molar-refractivity contribution < 1.29 is 9.53 Å². The molecule has 1 N–H and O–H groups in total. The van der Waals surface area contributed by atoms with Crippen LogP contribution in [0.4, 0.5) is 0 Å². The molecule has 0 unspecified atom stereocenters. The third-order valence-electron chi connectivity index (χ3n) is 4.03. The summed E-state index contributed by atoms with van der Waals surface area (Å²) in [6.45, 7) is 2.09. The Morgan fingerprint density at radius 3 is 2.56 bits per heavy atom. The molecule has 128 valence electrons. The van der Waals surface area contributed by atoms with Gasteiger partial charge in [-0.1, -0.05) is 36.7 Å². The second-order valence-corrected chi connectivity index (χ2v) is 6.21. The highest BCUT2D eigenvalue weighted by Crippen LogP contribution is 2.24. The molecule has 0 atom stereocenters. The first-order valence-electron chi connectivity index (χ1n) is 8.11. The number of hydrogen-bond donors (Lipinski definition) is 1. The number of ether oxygens (including phenoxy) is 1. The molecule has 2 aromatic carbocycles. The van der Waals surface area contributed by atoms with Crippen molar-refractivity contribution in [3.63, 3.8) is 0 Å². The number of aryl methyl sites for hydroxylation is 1. The standard InChI is InChI=1S/C20H19ClN2O2/c1-3-13-6-9-18(25-2)15(10-13)12-17-20(24)23-19(22-17)11-14-4-7-16(21)8-5-14/h4-10,12H,3,11H2,1-2H3,(H,22,23,24)/b17-12+. The Kier molecular flexibility index (Phi) is 5.19. The molecule has 0 saturated heterocycles. The maximum atomic E-state index is 12.2. The van der Waals surface area contributed by atoms with Crippen molar-refractivity contribution in [1.29, 1.82) is 0 Å².